The van der Waals surface area contributed by atoms with Crippen LogP contribution in [-0.4, -0.2) is 12.0 Å². The van der Waals surface area contributed by atoms with Crippen LogP contribution in [0.3, 0.4) is 0 Å². The summed E-state index contributed by atoms with van der Waals surface area (Å²) >= 11 is 0. The molecular weight excluding hydrogens is 190 g/mol. The topological polar surface area (TPSA) is 52.3 Å². The van der Waals surface area contributed by atoms with E-state index in [1.165, 1.54) is 0 Å². The first-order valence-corrected chi connectivity index (χ1v) is 5.08. The van der Waals surface area contributed by atoms with Crippen molar-refractivity contribution in [2.75, 3.05) is 0 Å². The molecule has 0 saturated carbocycles. The zero-order valence-electron chi connectivity index (χ0n) is 9.14. The van der Waals surface area contributed by atoms with E-state index in [1.807, 2.05) is 44.2 Å². The molecule has 0 fully saturated rings. The Labute approximate surface area is 90.2 Å². The first-order chi connectivity index (χ1) is 7.09. The number of carbonyl (C=O) groups is 1. The van der Waals surface area contributed by atoms with Gasteiger partial charge in [-0.25, -0.2) is 0 Å². The second-order valence-electron chi connectivity index (χ2n) is 3.75. The Balaban J connectivity index is 2.76. The Bertz CT molecular complexity index is 309. The van der Waals surface area contributed by atoms with E-state index in [-0.39, 0.29) is 24.5 Å². The van der Waals surface area contributed by atoms with E-state index in [0.29, 0.717) is 0 Å². The lowest BCUT2D eigenvalue weighted by molar-refractivity contribution is -0.121. The lowest BCUT2D eigenvalue weighted by Gasteiger charge is -2.19. The van der Waals surface area contributed by atoms with Crippen LogP contribution in [0.2, 0.25) is 0 Å². The predicted octanol–water partition coefficient (Wildman–Crippen LogP) is 2.03. The predicted molar refractivity (Wildman–Crippen MR) is 59.2 cm³/mol. The molecule has 3 heteroatoms. The highest BCUT2D eigenvalue weighted by atomic mass is 16.5. The molecule has 0 aliphatic carbocycles. The Hall–Kier alpha value is -1.35. The number of amides is 1. The van der Waals surface area contributed by atoms with Gasteiger partial charge in [0.15, 0.2) is 0 Å². The summed E-state index contributed by atoms with van der Waals surface area (Å²) in [7, 11) is 0. The Kier molecular flexibility index (Phi) is 4.31. The van der Waals surface area contributed by atoms with Crippen LogP contribution in [0.1, 0.15) is 31.9 Å². The van der Waals surface area contributed by atoms with Crippen molar-refractivity contribution >= 4 is 5.91 Å². The maximum absolute atomic E-state index is 10.9. The summed E-state index contributed by atoms with van der Waals surface area (Å²) in [4.78, 5) is 10.9. The molecular formula is C12H17NO2. The van der Waals surface area contributed by atoms with Crippen molar-refractivity contribution in [2.24, 2.45) is 5.73 Å². The third-order valence-electron chi connectivity index (χ3n) is 1.99. The molecule has 1 rings (SSSR count). The number of hydrogen-bond donors (Lipinski definition) is 1. The van der Waals surface area contributed by atoms with Gasteiger partial charge in [-0.2, -0.15) is 0 Å². The van der Waals surface area contributed by atoms with Crippen molar-refractivity contribution in [1.29, 1.82) is 0 Å². The van der Waals surface area contributed by atoms with Gasteiger partial charge in [0.2, 0.25) is 5.91 Å². The number of ether oxygens (including phenoxy) is 1. The van der Waals surface area contributed by atoms with E-state index < -0.39 is 0 Å². The molecule has 0 spiro atoms. The summed E-state index contributed by atoms with van der Waals surface area (Å²) < 4.78 is 5.65. The standard InChI is InChI=1S/C12H17NO2/c1-9(2)15-11(8-12(13)14)10-6-4-3-5-7-10/h3-7,9,11H,8H2,1-2H3,(H2,13,14). The minimum absolute atomic E-state index is 0.0783. The van der Waals surface area contributed by atoms with E-state index in [4.69, 9.17) is 10.5 Å². The summed E-state index contributed by atoms with van der Waals surface area (Å²) in [6.07, 6.45) is 0.0700. The molecule has 1 unspecified atom stereocenters. The van der Waals surface area contributed by atoms with Crippen molar-refractivity contribution < 1.29 is 9.53 Å². The second-order valence-corrected chi connectivity index (χ2v) is 3.75. The average molecular weight is 207 g/mol. The molecule has 0 aromatic heterocycles. The summed E-state index contributed by atoms with van der Waals surface area (Å²) in [6.45, 7) is 3.88. The van der Waals surface area contributed by atoms with Crippen LogP contribution in [0.25, 0.3) is 0 Å². The van der Waals surface area contributed by atoms with Gasteiger partial charge in [0, 0.05) is 0 Å². The lowest BCUT2D eigenvalue weighted by Crippen LogP contribution is -2.19. The van der Waals surface area contributed by atoms with Crippen LogP contribution in [0.15, 0.2) is 30.3 Å². The average Bonchev–Trinajstić information content (AvgIpc) is 2.17. The first kappa shape index (κ1) is 11.7. The molecule has 0 saturated heterocycles. The van der Waals surface area contributed by atoms with Crippen LogP contribution in [0.5, 0.6) is 0 Å². The van der Waals surface area contributed by atoms with Crippen molar-refractivity contribution in [3.8, 4) is 0 Å². The molecule has 0 aliphatic rings. The first-order valence-electron chi connectivity index (χ1n) is 5.08. The third kappa shape index (κ3) is 4.13. The summed E-state index contributed by atoms with van der Waals surface area (Å²) in [5.41, 5.74) is 6.18. The molecule has 3 nitrogen and oxygen atoms in total. The van der Waals surface area contributed by atoms with Gasteiger partial charge in [-0.3, -0.25) is 4.79 Å². The Morgan fingerprint density at radius 2 is 1.93 bits per heavy atom. The number of nitrogens with two attached hydrogens (primary N) is 1. The molecule has 0 aliphatic heterocycles. The number of benzene rings is 1. The van der Waals surface area contributed by atoms with Crippen molar-refractivity contribution in [1.82, 2.24) is 0 Å². The number of primary amides is 1. The SMILES string of the molecule is CC(C)OC(CC(N)=O)c1ccccc1. The highest BCUT2D eigenvalue weighted by Gasteiger charge is 2.15. The summed E-state index contributed by atoms with van der Waals surface area (Å²) in [5.74, 6) is -0.343. The van der Waals surface area contributed by atoms with Gasteiger partial charge in [-0.05, 0) is 19.4 Å². The molecule has 2 N–H and O–H groups in total. The fraction of sp³-hybridized carbons (Fsp3) is 0.417. The zero-order valence-corrected chi connectivity index (χ0v) is 9.14. The van der Waals surface area contributed by atoms with Gasteiger partial charge in [0.05, 0.1) is 18.6 Å². The summed E-state index contributed by atoms with van der Waals surface area (Å²) in [6, 6.07) is 9.66. The molecule has 82 valence electrons. The molecule has 1 aromatic carbocycles. The van der Waals surface area contributed by atoms with Crippen molar-refractivity contribution in [3.05, 3.63) is 35.9 Å². The largest absolute Gasteiger partial charge is 0.370 e. The Morgan fingerprint density at radius 1 is 1.33 bits per heavy atom. The molecule has 1 atom stereocenters. The zero-order chi connectivity index (χ0) is 11.3. The van der Waals surface area contributed by atoms with E-state index in [0.717, 1.165) is 5.56 Å². The quantitative estimate of drug-likeness (QED) is 0.803. The maximum atomic E-state index is 10.9. The van der Waals surface area contributed by atoms with Gasteiger partial charge < -0.3 is 10.5 Å². The van der Waals surface area contributed by atoms with Crippen LogP contribution >= 0.6 is 0 Å². The van der Waals surface area contributed by atoms with E-state index in [1.54, 1.807) is 0 Å². The van der Waals surface area contributed by atoms with Gasteiger partial charge in [0.25, 0.3) is 0 Å². The highest BCUT2D eigenvalue weighted by molar-refractivity contribution is 5.74. The second kappa shape index (κ2) is 5.51. The fourth-order valence-electron chi connectivity index (χ4n) is 1.42. The number of rotatable bonds is 5. The number of carbonyl (C=O) groups excluding carboxylic acids is 1. The smallest absolute Gasteiger partial charge is 0.220 e. The van der Waals surface area contributed by atoms with Crippen molar-refractivity contribution in [3.63, 3.8) is 0 Å². The van der Waals surface area contributed by atoms with E-state index in [9.17, 15) is 4.79 Å². The van der Waals surface area contributed by atoms with Crippen LogP contribution in [0, 0.1) is 0 Å². The minimum Gasteiger partial charge on any atom is -0.370 e. The minimum atomic E-state index is -0.343. The molecule has 1 aromatic rings. The molecule has 15 heavy (non-hydrogen) atoms. The molecule has 0 radical (unpaired) electrons. The van der Waals surface area contributed by atoms with Crippen LogP contribution < -0.4 is 5.73 Å². The van der Waals surface area contributed by atoms with Gasteiger partial charge in [-0.1, -0.05) is 30.3 Å². The highest BCUT2D eigenvalue weighted by Crippen LogP contribution is 2.22. The number of hydrogen-bond acceptors (Lipinski definition) is 2. The Morgan fingerprint density at radius 3 is 2.40 bits per heavy atom. The van der Waals surface area contributed by atoms with Crippen LogP contribution in [-0.2, 0) is 9.53 Å². The van der Waals surface area contributed by atoms with Crippen LogP contribution in [0.4, 0.5) is 0 Å². The van der Waals surface area contributed by atoms with Gasteiger partial charge in [0.1, 0.15) is 0 Å². The molecule has 1 amide bonds. The van der Waals surface area contributed by atoms with Crippen molar-refractivity contribution in [2.45, 2.75) is 32.5 Å². The summed E-state index contributed by atoms with van der Waals surface area (Å²) in [5, 5.41) is 0. The van der Waals surface area contributed by atoms with E-state index >= 15 is 0 Å². The monoisotopic (exact) mass is 207 g/mol. The van der Waals surface area contributed by atoms with Gasteiger partial charge >= 0.3 is 0 Å². The third-order valence-corrected chi connectivity index (χ3v) is 1.99. The molecule has 0 heterocycles. The lowest BCUT2D eigenvalue weighted by atomic mass is 10.1. The fourth-order valence-corrected chi connectivity index (χ4v) is 1.42. The molecule has 0 bridgehead atoms. The normalized spacial score (nSPS) is 12.7. The van der Waals surface area contributed by atoms with E-state index in [2.05, 4.69) is 0 Å². The van der Waals surface area contributed by atoms with Gasteiger partial charge in [-0.15, -0.1) is 0 Å². The maximum Gasteiger partial charge on any atom is 0.220 e.